The van der Waals surface area contributed by atoms with Gasteiger partial charge in [0.2, 0.25) is 0 Å². The fourth-order valence-corrected chi connectivity index (χ4v) is 2.24. The first kappa shape index (κ1) is 16.3. The second-order valence-electron chi connectivity index (χ2n) is 4.67. The van der Waals surface area contributed by atoms with Gasteiger partial charge >= 0.3 is 6.18 Å². The topological polar surface area (TPSA) is 24.1 Å². The van der Waals surface area contributed by atoms with E-state index < -0.39 is 11.7 Å². The predicted molar refractivity (Wildman–Crippen MR) is 87.1 cm³/mol. The zero-order valence-electron chi connectivity index (χ0n) is 11.9. The lowest BCUT2D eigenvalue weighted by molar-refractivity contribution is -0.137. The molecule has 0 saturated carbocycles. The maximum atomic E-state index is 12.7. The Bertz CT molecular complexity index is 668. The van der Waals surface area contributed by atoms with Crippen LogP contribution in [0.15, 0.2) is 48.5 Å². The van der Waals surface area contributed by atoms with E-state index in [2.05, 4.69) is 10.6 Å². The van der Waals surface area contributed by atoms with Crippen molar-refractivity contribution in [3.63, 3.8) is 0 Å². The molecule has 22 heavy (non-hydrogen) atoms. The van der Waals surface area contributed by atoms with Crippen molar-refractivity contribution in [2.45, 2.75) is 19.5 Å². The standard InChI is InChI=1S/C16H15F3N2S/c1-2-11-6-3-4-9-14(11)21-15(22)20-13-8-5-7-12(10-13)16(17,18)19/h3-10H,2H2,1H3,(H2,20,21,22). The second-order valence-corrected chi connectivity index (χ2v) is 5.08. The number of hydrogen-bond acceptors (Lipinski definition) is 1. The molecule has 0 bridgehead atoms. The quantitative estimate of drug-likeness (QED) is 0.770. The fourth-order valence-electron chi connectivity index (χ4n) is 2.01. The van der Waals surface area contributed by atoms with Crippen molar-refractivity contribution in [1.29, 1.82) is 0 Å². The van der Waals surface area contributed by atoms with E-state index in [-0.39, 0.29) is 5.11 Å². The highest BCUT2D eigenvalue weighted by Crippen LogP contribution is 2.30. The van der Waals surface area contributed by atoms with E-state index in [0.29, 0.717) is 5.69 Å². The molecule has 0 aliphatic carbocycles. The molecular formula is C16H15F3N2S. The third-order valence-corrected chi connectivity index (χ3v) is 3.30. The lowest BCUT2D eigenvalue weighted by Gasteiger charge is -2.14. The van der Waals surface area contributed by atoms with Crippen molar-refractivity contribution in [1.82, 2.24) is 0 Å². The monoisotopic (exact) mass is 324 g/mol. The normalized spacial score (nSPS) is 11.1. The Morgan fingerprint density at radius 3 is 2.45 bits per heavy atom. The third-order valence-electron chi connectivity index (χ3n) is 3.09. The first-order chi connectivity index (χ1) is 10.4. The summed E-state index contributed by atoms with van der Waals surface area (Å²) in [6.45, 7) is 2.02. The molecule has 2 aromatic rings. The Hall–Kier alpha value is -2.08. The largest absolute Gasteiger partial charge is 0.416 e. The molecule has 116 valence electrons. The van der Waals surface area contributed by atoms with E-state index in [1.54, 1.807) is 0 Å². The van der Waals surface area contributed by atoms with Crippen LogP contribution in [0.1, 0.15) is 18.1 Å². The summed E-state index contributed by atoms with van der Waals surface area (Å²) in [4.78, 5) is 0. The first-order valence-electron chi connectivity index (χ1n) is 6.73. The van der Waals surface area contributed by atoms with Crippen LogP contribution in [-0.2, 0) is 12.6 Å². The smallest absolute Gasteiger partial charge is 0.332 e. The van der Waals surface area contributed by atoms with E-state index in [0.717, 1.165) is 29.8 Å². The van der Waals surface area contributed by atoms with Crippen LogP contribution < -0.4 is 10.6 Å². The van der Waals surface area contributed by atoms with Gasteiger partial charge in [-0.3, -0.25) is 0 Å². The molecule has 2 nitrogen and oxygen atoms in total. The molecule has 0 radical (unpaired) electrons. The van der Waals surface area contributed by atoms with Crippen LogP contribution >= 0.6 is 12.2 Å². The summed E-state index contributed by atoms with van der Waals surface area (Å²) < 4.78 is 38.0. The molecule has 0 atom stereocenters. The van der Waals surface area contributed by atoms with E-state index in [9.17, 15) is 13.2 Å². The molecule has 6 heteroatoms. The number of halogens is 3. The number of aryl methyl sites for hydroxylation is 1. The zero-order chi connectivity index (χ0) is 16.2. The van der Waals surface area contributed by atoms with Crippen LogP contribution in [0.2, 0.25) is 0 Å². The van der Waals surface area contributed by atoms with Gasteiger partial charge in [0.25, 0.3) is 0 Å². The Balaban J connectivity index is 2.09. The summed E-state index contributed by atoms with van der Waals surface area (Å²) in [6, 6.07) is 12.6. The van der Waals surface area contributed by atoms with E-state index in [1.807, 2.05) is 31.2 Å². The van der Waals surface area contributed by atoms with E-state index in [4.69, 9.17) is 12.2 Å². The average Bonchev–Trinajstić information content (AvgIpc) is 2.47. The van der Waals surface area contributed by atoms with Gasteiger partial charge in [-0.25, -0.2) is 0 Å². The zero-order valence-corrected chi connectivity index (χ0v) is 12.7. The van der Waals surface area contributed by atoms with Crippen molar-refractivity contribution in [3.8, 4) is 0 Å². The average molecular weight is 324 g/mol. The van der Waals surface area contributed by atoms with Crippen LogP contribution in [0.5, 0.6) is 0 Å². The summed E-state index contributed by atoms with van der Waals surface area (Å²) in [7, 11) is 0. The summed E-state index contributed by atoms with van der Waals surface area (Å²) in [5.74, 6) is 0. The van der Waals surface area contributed by atoms with Crippen LogP contribution in [-0.4, -0.2) is 5.11 Å². The molecule has 0 aliphatic rings. The number of nitrogens with one attached hydrogen (secondary N) is 2. The molecule has 0 amide bonds. The van der Waals surface area contributed by atoms with Gasteiger partial charge in [0.05, 0.1) is 5.56 Å². The first-order valence-corrected chi connectivity index (χ1v) is 7.14. The van der Waals surface area contributed by atoms with Crippen LogP contribution in [0.4, 0.5) is 24.5 Å². The minimum atomic E-state index is -4.37. The molecular weight excluding hydrogens is 309 g/mol. The number of hydrogen-bond donors (Lipinski definition) is 2. The van der Waals surface area contributed by atoms with E-state index in [1.165, 1.54) is 12.1 Å². The molecule has 0 unspecified atom stereocenters. The Morgan fingerprint density at radius 2 is 1.77 bits per heavy atom. The minimum absolute atomic E-state index is 0.250. The van der Waals surface area contributed by atoms with Gasteiger partial charge in [-0.15, -0.1) is 0 Å². The lowest BCUT2D eigenvalue weighted by atomic mass is 10.1. The summed E-state index contributed by atoms with van der Waals surface area (Å²) in [5.41, 5.74) is 1.50. The SMILES string of the molecule is CCc1ccccc1NC(=S)Nc1cccc(C(F)(F)F)c1. The van der Waals surface area contributed by atoms with Gasteiger partial charge in [0.1, 0.15) is 0 Å². The van der Waals surface area contributed by atoms with Gasteiger partial charge in [-0.05, 0) is 48.5 Å². The third kappa shape index (κ3) is 4.21. The van der Waals surface area contributed by atoms with Gasteiger partial charge in [0, 0.05) is 11.4 Å². The number of para-hydroxylation sites is 1. The minimum Gasteiger partial charge on any atom is -0.332 e. The molecule has 0 aromatic heterocycles. The number of anilines is 2. The van der Waals surface area contributed by atoms with E-state index >= 15 is 0 Å². The van der Waals surface area contributed by atoms with Crippen molar-refractivity contribution in [2.75, 3.05) is 10.6 Å². The molecule has 2 rings (SSSR count). The molecule has 0 saturated heterocycles. The predicted octanol–water partition coefficient (Wildman–Crippen LogP) is 5.08. The Morgan fingerprint density at radius 1 is 1.05 bits per heavy atom. The van der Waals surface area contributed by atoms with Gasteiger partial charge in [-0.2, -0.15) is 13.2 Å². The summed E-state index contributed by atoms with van der Waals surface area (Å²) >= 11 is 5.16. The van der Waals surface area contributed by atoms with Crippen LogP contribution in [0.25, 0.3) is 0 Å². The van der Waals surface area contributed by atoms with Gasteiger partial charge in [-0.1, -0.05) is 31.2 Å². The van der Waals surface area contributed by atoms with Crippen molar-refractivity contribution in [2.24, 2.45) is 0 Å². The van der Waals surface area contributed by atoms with Gasteiger partial charge in [0.15, 0.2) is 5.11 Å². The lowest BCUT2D eigenvalue weighted by Crippen LogP contribution is -2.20. The van der Waals surface area contributed by atoms with Gasteiger partial charge < -0.3 is 10.6 Å². The van der Waals surface area contributed by atoms with Crippen molar-refractivity contribution in [3.05, 3.63) is 59.7 Å². The second kappa shape index (κ2) is 6.79. The van der Waals surface area contributed by atoms with Crippen molar-refractivity contribution >= 4 is 28.7 Å². The fraction of sp³-hybridized carbons (Fsp3) is 0.188. The Kier molecular flexibility index (Phi) is 5.03. The summed E-state index contributed by atoms with van der Waals surface area (Å²) in [5, 5.41) is 6.03. The number of alkyl halides is 3. The van der Waals surface area contributed by atoms with Crippen molar-refractivity contribution < 1.29 is 13.2 Å². The number of benzene rings is 2. The van der Waals surface area contributed by atoms with Crippen LogP contribution in [0, 0.1) is 0 Å². The number of thiocarbonyl (C=S) groups is 1. The highest BCUT2D eigenvalue weighted by atomic mass is 32.1. The molecule has 2 N–H and O–H groups in total. The highest BCUT2D eigenvalue weighted by Gasteiger charge is 2.30. The Labute approximate surface area is 132 Å². The molecule has 0 fully saturated rings. The molecule has 0 spiro atoms. The number of rotatable bonds is 3. The van der Waals surface area contributed by atoms with Crippen LogP contribution in [0.3, 0.4) is 0 Å². The maximum Gasteiger partial charge on any atom is 0.416 e. The highest BCUT2D eigenvalue weighted by molar-refractivity contribution is 7.80. The molecule has 0 aliphatic heterocycles. The maximum absolute atomic E-state index is 12.7. The molecule has 2 aromatic carbocycles. The summed E-state index contributed by atoms with van der Waals surface area (Å²) in [6.07, 6.45) is -3.54. The molecule has 0 heterocycles.